The first-order valence-corrected chi connectivity index (χ1v) is 5.23. The van der Waals surface area contributed by atoms with Crippen LogP contribution < -0.4 is 21.1 Å². The van der Waals surface area contributed by atoms with Crippen LogP contribution in [-0.2, 0) is 0 Å². The molecule has 0 unspecified atom stereocenters. The summed E-state index contributed by atoms with van der Waals surface area (Å²) in [5.74, 6) is -0.421. The van der Waals surface area contributed by atoms with E-state index in [4.69, 9.17) is 21.0 Å². The lowest BCUT2D eigenvalue weighted by molar-refractivity contribution is 0.254. The second-order valence-electron chi connectivity index (χ2n) is 3.44. The number of rotatable bonds is 3. The van der Waals surface area contributed by atoms with E-state index in [-0.39, 0.29) is 5.69 Å². The number of allylic oxidation sites excluding steroid dienone is 2. The van der Waals surface area contributed by atoms with Gasteiger partial charge in [0.25, 0.3) is 0 Å². The van der Waals surface area contributed by atoms with E-state index >= 15 is 0 Å². The summed E-state index contributed by atoms with van der Waals surface area (Å²) in [4.78, 5) is 11.5. The molecule has 2 amide bonds. The number of ether oxygens (including phenoxy) is 1. The third kappa shape index (κ3) is 3.62. The van der Waals surface area contributed by atoms with E-state index in [9.17, 15) is 9.18 Å². The highest BCUT2D eigenvalue weighted by atomic mass is 19.1. The number of nitriles is 2. The molecule has 102 valence electrons. The van der Waals surface area contributed by atoms with Gasteiger partial charge < -0.3 is 15.8 Å². The molecule has 4 N–H and O–H groups in total. The maximum atomic E-state index is 13.6. The second kappa shape index (κ2) is 6.61. The van der Waals surface area contributed by atoms with Crippen LogP contribution in [0.2, 0.25) is 0 Å². The van der Waals surface area contributed by atoms with Crippen LogP contribution in [0.3, 0.4) is 0 Å². The summed E-state index contributed by atoms with van der Waals surface area (Å²) in [5, 5.41) is 21.4. The van der Waals surface area contributed by atoms with Crippen molar-refractivity contribution in [3.63, 3.8) is 0 Å². The molecule has 1 aromatic carbocycles. The van der Waals surface area contributed by atoms with E-state index < -0.39 is 23.2 Å². The highest BCUT2D eigenvalue weighted by molar-refractivity contribution is 5.91. The fraction of sp³-hybridized carbons (Fsp3) is 0.0833. The fourth-order valence-corrected chi connectivity index (χ4v) is 1.20. The van der Waals surface area contributed by atoms with Gasteiger partial charge in [0.05, 0.1) is 12.8 Å². The number of amides is 2. The lowest BCUT2D eigenvalue weighted by Gasteiger charge is -2.08. The number of halogens is 1. The Hall–Kier alpha value is -3.26. The van der Waals surface area contributed by atoms with E-state index in [1.807, 2.05) is 5.32 Å². The summed E-state index contributed by atoms with van der Waals surface area (Å²) >= 11 is 0. The number of hydrogen-bond donors (Lipinski definition) is 3. The van der Waals surface area contributed by atoms with Crippen molar-refractivity contribution in [2.75, 3.05) is 12.4 Å². The van der Waals surface area contributed by atoms with Gasteiger partial charge in [-0.1, -0.05) is 0 Å². The molecule has 7 nitrogen and oxygen atoms in total. The fourth-order valence-electron chi connectivity index (χ4n) is 1.20. The van der Waals surface area contributed by atoms with E-state index in [2.05, 4.69) is 5.32 Å². The number of carbonyl (C=O) groups excluding carboxylic acids is 1. The highest BCUT2D eigenvalue weighted by Crippen LogP contribution is 2.20. The van der Waals surface area contributed by atoms with Crippen molar-refractivity contribution in [1.82, 2.24) is 5.32 Å². The van der Waals surface area contributed by atoms with E-state index in [0.717, 1.165) is 6.07 Å². The van der Waals surface area contributed by atoms with Crippen molar-refractivity contribution in [3.05, 3.63) is 35.4 Å². The van der Waals surface area contributed by atoms with Crippen molar-refractivity contribution >= 4 is 11.7 Å². The molecule has 0 saturated carbocycles. The van der Waals surface area contributed by atoms with Crippen LogP contribution in [0.1, 0.15) is 0 Å². The molecule has 0 saturated heterocycles. The number of hydrogen-bond acceptors (Lipinski definition) is 5. The lowest BCUT2D eigenvalue weighted by Crippen LogP contribution is -2.29. The second-order valence-corrected chi connectivity index (χ2v) is 3.44. The van der Waals surface area contributed by atoms with Gasteiger partial charge in [-0.25, -0.2) is 9.18 Å². The molecule has 0 radical (unpaired) electrons. The van der Waals surface area contributed by atoms with Crippen molar-refractivity contribution in [1.29, 1.82) is 10.5 Å². The Kier molecular flexibility index (Phi) is 4.89. The van der Waals surface area contributed by atoms with Gasteiger partial charge in [0, 0.05) is 6.07 Å². The molecule has 0 atom stereocenters. The molecule has 0 fully saturated rings. The highest BCUT2D eigenvalue weighted by Gasteiger charge is 2.11. The third-order valence-corrected chi connectivity index (χ3v) is 2.16. The van der Waals surface area contributed by atoms with Crippen molar-refractivity contribution in [2.45, 2.75) is 0 Å². The Labute approximate surface area is 114 Å². The molecule has 1 aromatic rings. The summed E-state index contributed by atoms with van der Waals surface area (Å²) in [6, 6.07) is 5.98. The SMILES string of the molecule is COc1ccc(NC(=O)NC(C#N)=C(N)C#N)c(F)c1. The summed E-state index contributed by atoms with van der Waals surface area (Å²) < 4.78 is 18.4. The van der Waals surface area contributed by atoms with Gasteiger partial charge in [-0.05, 0) is 12.1 Å². The molecule has 0 aliphatic rings. The maximum absolute atomic E-state index is 13.6. The number of benzene rings is 1. The minimum Gasteiger partial charge on any atom is -0.497 e. The maximum Gasteiger partial charge on any atom is 0.324 e. The molecule has 0 heterocycles. The topological polar surface area (TPSA) is 124 Å². The van der Waals surface area contributed by atoms with Gasteiger partial charge in [0.15, 0.2) is 5.70 Å². The molecule has 0 spiro atoms. The molecule has 0 bridgehead atoms. The molecule has 20 heavy (non-hydrogen) atoms. The normalized spacial score (nSPS) is 10.6. The van der Waals surface area contributed by atoms with Crippen molar-refractivity contribution in [3.8, 4) is 17.9 Å². The van der Waals surface area contributed by atoms with Crippen LogP contribution in [0.5, 0.6) is 5.75 Å². The van der Waals surface area contributed by atoms with Gasteiger partial charge in [0.2, 0.25) is 0 Å². The molecular formula is C12H10FN5O2. The average molecular weight is 275 g/mol. The van der Waals surface area contributed by atoms with Crippen molar-refractivity contribution < 1.29 is 13.9 Å². The third-order valence-electron chi connectivity index (χ3n) is 2.16. The number of urea groups is 1. The van der Waals surface area contributed by atoms with E-state index in [1.165, 1.54) is 25.3 Å². The zero-order valence-corrected chi connectivity index (χ0v) is 10.4. The van der Waals surface area contributed by atoms with Crippen LogP contribution in [-0.4, -0.2) is 13.1 Å². The smallest absolute Gasteiger partial charge is 0.324 e. The summed E-state index contributed by atoms with van der Waals surface area (Å²) in [7, 11) is 1.38. The first-order valence-electron chi connectivity index (χ1n) is 5.23. The Morgan fingerprint density at radius 1 is 1.40 bits per heavy atom. The molecule has 8 heteroatoms. The van der Waals surface area contributed by atoms with Crippen LogP contribution in [0.4, 0.5) is 14.9 Å². The zero-order valence-electron chi connectivity index (χ0n) is 10.4. The van der Waals surface area contributed by atoms with Gasteiger partial charge in [-0.15, -0.1) is 0 Å². The quantitative estimate of drug-likeness (QED) is 0.714. The van der Waals surface area contributed by atoms with Gasteiger partial charge in [0.1, 0.15) is 29.4 Å². The summed E-state index contributed by atoms with van der Waals surface area (Å²) in [6.07, 6.45) is 0. The van der Waals surface area contributed by atoms with E-state index in [0.29, 0.717) is 5.75 Å². The number of carbonyl (C=O) groups is 1. The first-order chi connectivity index (χ1) is 9.51. The van der Waals surface area contributed by atoms with Gasteiger partial charge in [-0.3, -0.25) is 5.32 Å². The van der Waals surface area contributed by atoms with Crippen LogP contribution in [0.25, 0.3) is 0 Å². The predicted molar refractivity (Wildman–Crippen MR) is 67.5 cm³/mol. The lowest BCUT2D eigenvalue weighted by atomic mass is 10.3. The number of nitrogens with one attached hydrogen (secondary N) is 2. The van der Waals surface area contributed by atoms with Crippen LogP contribution in [0, 0.1) is 28.5 Å². The van der Waals surface area contributed by atoms with E-state index in [1.54, 1.807) is 6.07 Å². The Balaban J connectivity index is 2.83. The molecule has 1 rings (SSSR count). The summed E-state index contributed by atoms with van der Waals surface area (Å²) in [6.45, 7) is 0. The van der Waals surface area contributed by atoms with Gasteiger partial charge in [-0.2, -0.15) is 10.5 Å². The van der Waals surface area contributed by atoms with Crippen molar-refractivity contribution in [2.24, 2.45) is 5.73 Å². The van der Waals surface area contributed by atoms with Crippen LogP contribution in [0.15, 0.2) is 29.6 Å². The molecule has 0 aromatic heterocycles. The predicted octanol–water partition coefficient (Wildman–Crippen LogP) is 1.17. The average Bonchev–Trinajstić information content (AvgIpc) is 2.45. The minimum atomic E-state index is -0.899. The number of nitrogens with two attached hydrogens (primary N) is 1. The Morgan fingerprint density at radius 2 is 2.10 bits per heavy atom. The number of nitrogens with zero attached hydrogens (tertiary/aromatic N) is 2. The Morgan fingerprint density at radius 3 is 2.60 bits per heavy atom. The molecule has 0 aliphatic carbocycles. The number of methoxy groups -OCH3 is 1. The molecular weight excluding hydrogens is 265 g/mol. The molecule has 0 aliphatic heterocycles. The minimum absolute atomic E-state index is 0.115. The first kappa shape index (κ1) is 14.8. The van der Waals surface area contributed by atoms with Crippen LogP contribution >= 0.6 is 0 Å². The summed E-state index contributed by atoms with van der Waals surface area (Å²) in [5.41, 5.74) is 4.22. The number of anilines is 1. The Bertz CT molecular complexity index is 642. The zero-order chi connectivity index (χ0) is 15.1. The van der Waals surface area contributed by atoms with Gasteiger partial charge >= 0.3 is 6.03 Å². The largest absolute Gasteiger partial charge is 0.497 e. The standard InChI is InChI=1S/C12H10FN5O2/c1-20-7-2-3-10(8(13)4-7)17-12(19)18-11(6-15)9(16)5-14/h2-4H,16H2,1H3,(H2,17,18,19). The monoisotopic (exact) mass is 275 g/mol.